The maximum atomic E-state index is 13.5. The van der Waals surface area contributed by atoms with Crippen molar-refractivity contribution < 1.29 is 38.7 Å². The molecule has 1 atom stereocenters. The van der Waals surface area contributed by atoms with Gasteiger partial charge in [0.15, 0.2) is 23.1 Å². The topological polar surface area (TPSA) is 166 Å². The second-order valence-corrected chi connectivity index (χ2v) is 15.9. The number of fused-ring (bicyclic) bond motifs is 2. The Balaban J connectivity index is 0.000000155. The SMILES string of the molecule is NC1=CC(=O)CCC1.O=C1C=C(O)c2ccccc2C1=O.O=C1CCCC2=C1C(c1ccc(Br)cc1)C1=C(C2)C(=O)c2ccccc2C1=O.O=Cc1ccc(Br)cc1. The van der Waals surface area contributed by atoms with Gasteiger partial charge in [0, 0.05) is 84.0 Å². The first-order valence-electron chi connectivity index (χ1n) is 18.6. The van der Waals surface area contributed by atoms with Crippen LogP contribution < -0.4 is 5.73 Å². The molecule has 0 aromatic heterocycles. The van der Waals surface area contributed by atoms with E-state index in [1.54, 1.807) is 54.6 Å². The zero-order valence-electron chi connectivity index (χ0n) is 31.1. The third-order valence-corrected chi connectivity index (χ3v) is 11.2. The van der Waals surface area contributed by atoms with Crippen LogP contribution >= 0.6 is 31.9 Å². The molecule has 9 rings (SSSR count). The van der Waals surface area contributed by atoms with Crippen molar-refractivity contribution in [2.75, 3.05) is 0 Å². The summed E-state index contributed by atoms with van der Waals surface area (Å²) in [7, 11) is 0. The van der Waals surface area contributed by atoms with E-state index in [0.29, 0.717) is 52.7 Å². The molecule has 58 heavy (non-hydrogen) atoms. The highest BCUT2D eigenvalue weighted by molar-refractivity contribution is 9.10. The van der Waals surface area contributed by atoms with Gasteiger partial charge in [-0.2, -0.15) is 0 Å². The summed E-state index contributed by atoms with van der Waals surface area (Å²) in [5.74, 6) is -1.73. The number of aliphatic hydroxyl groups is 1. The summed E-state index contributed by atoms with van der Waals surface area (Å²) in [6.45, 7) is 0. The monoisotopic (exact) mass is 901 g/mol. The molecule has 1 unspecified atom stereocenters. The molecule has 292 valence electrons. The molecular weight excluding hydrogens is 866 g/mol. The summed E-state index contributed by atoms with van der Waals surface area (Å²) in [4.78, 5) is 82.5. The molecule has 5 aliphatic carbocycles. The van der Waals surface area contributed by atoms with E-state index in [4.69, 9.17) is 5.73 Å². The molecule has 0 spiro atoms. The molecule has 0 radical (unpaired) electrons. The Morgan fingerprint density at radius 2 is 1.16 bits per heavy atom. The lowest BCUT2D eigenvalue weighted by Crippen LogP contribution is -2.33. The van der Waals surface area contributed by atoms with Gasteiger partial charge in [0.1, 0.15) is 12.0 Å². The van der Waals surface area contributed by atoms with Gasteiger partial charge in [-0.1, -0.05) is 110 Å². The highest BCUT2D eigenvalue weighted by Gasteiger charge is 2.44. The molecule has 0 bridgehead atoms. The van der Waals surface area contributed by atoms with E-state index in [9.17, 15) is 38.7 Å². The fourth-order valence-corrected chi connectivity index (χ4v) is 7.94. The van der Waals surface area contributed by atoms with Crippen LogP contribution in [0.2, 0.25) is 0 Å². The van der Waals surface area contributed by atoms with E-state index in [2.05, 4.69) is 31.9 Å². The van der Waals surface area contributed by atoms with Gasteiger partial charge in [-0.3, -0.25) is 33.6 Å². The largest absolute Gasteiger partial charge is 0.507 e. The van der Waals surface area contributed by atoms with Crippen molar-refractivity contribution in [1.29, 1.82) is 0 Å². The quantitative estimate of drug-likeness (QED) is 0.147. The maximum absolute atomic E-state index is 13.5. The number of aldehydes is 1. The lowest BCUT2D eigenvalue weighted by Gasteiger charge is -2.36. The number of allylic oxidation sites excluding steroid dienone is 7. The van der Waals surface area contributed by atoms with Gasteiger partial charge in [-0.25, -0.2) is 0 Å². The van der Waals surface area contributed by atoms with Crippen LogP contribution in [0.4, 0.5) is 0 Å². The smallest absolute Gasteiger partial charge is 0.233 e. The highest BCUT2D eigenvalue weighted by Crippen LogP contribution is 2.49. The predicted octanol–water partition coefficient (Wildman–Crippen LogP) is 9.56. The maximum Gasteiger partial charge on any atom is 0.233 e. The summed E-state index contributed by atoms with van der Waals surface area (Å²) in [6, 6.07) is 28.4. The molecule has 5 aliphatic rings. The van der Waals surface area contributed by atoms with Crippen LogP contribution in [0.1, 0.15) is 103 Å². The van der Waals surface area contributed by atoms with Crippen LogP contribution in [0.3, 0.4) is 0 Å². The average molecular weight is 904 g/mol. The number of rotatable bonds is 2. The number of halogens is 2. The van der Waals surface area contributed by atoms with Crippen LogP contribution in [-0.4, -0.2) is 46.1 Å². The summed E-state index contributed by atoms with van der Waals surface area (Å²) in [5, 5.41) is 9.34. The number of ketones is 6. The number of hydrogen-bond donors (Lipinski definition) is 2. The van der Waals surface area contributed by atoms with Crippen LogP contribution in [-0.2, 0) is 14.4 Å². The molecule has 11 heteroatoms. The minimum atomic E-state index is -0.670. The molecule has 4 aromatic carbocycles. The van der Waals surface area contributed by atoms with E-state index in [1.165, 1.54) is 12.1 Å². The fraction of sp³-hybridized carbons (Fsp3) is 0.170. The molecule has 0 fully saturated rings. The lowest BCUT2D eigenvalue weighted by atomic mass is 9.65. The normalized spacial score (nSPS) is 18.0. The summed E-state index contributed by atoms with van der Waals surface area (Å²) in [5.41, 5.74) is 12.2. The lowest BCUT2D eigenvalue weighted by molar-refractivity contribution is -0.116. The van der Waals surface area contributed by atoms with Gasteiger partial charge in [0.25, 0.3) is 0 Å². The summed E-state index contributed by atoms with van der Waals surface area (Å²) >= 11 is 6.71. The van der Waals surface area contributed by atoms with Crippen LogP contribution in [0.15, 0.2) is 146 Å². The number of nitrogens with two attached hydrogens (primary N) is 1. The summed E-state index contributed by atoms with van der Waals surface area (Å²) < 4.78 is 1.93. The molecular formula is C47H37Br2NO8. The molecule has 0 saturated carbocycles. The third-order valence-electron chi connectivity index (χ3n) is 10.2. The second kappa shape index (κ2) is 18.6. The first-order valence-corrected chi connectivity index (χ1v) is 20.2. The van der Waals surface area contributed by atoms with E-state index in [-0.39, 0.29) is 34.5 Å². The van der Waals surface area contributed by atoms with Gasteiger partial charge in [-0.15, -0.1) is 0 Å². The third kappa shape index (κ3) is 9.27. The van der Waals surface area contributed by atoms with Crippen molar-refractivity contribution in [3.63, 3.8) is 0 Å². The Bertz CT molecular complexity index is 2490. The Morgan fingerprint density at radius 1 is 0.603 bits per heavy atom. The van der Waals surface area contributed by atoms with Crippen molar-refractivity contribution in [3.8, 4) is 0 Å². The Morgan fingerprint density at radius 3 is 1.72 bits per heavy atom. The van der Waals surface area contributed by atoms with Gasteiger partial charge in [0.05, 0.1) is 0 Å². The molecule has 0 aliphatic heterocycles. The zero-order chi connectivity index (χ0) is 41.5. The number of hydrogen-bond acceptors (Lipinski definition) is 9. The summed E-state index contributed by atoms with van der Waals surface area (Å²) in [6.07, 6.45) is 8.36. The van der Waals surface area contributed by atoms with Gasteiger partial charge in [0.2, 0.25) is 11.6 Å². The van der Waals surface area contributed by atoms with E-state index >= 15 is 0 Å². The van der Waals surface area contributed by atoms with Crippen molar-refractivity contribution in [3.05, 3.63) is 180 Å². The van der Waals surface area contributed by atoms with Crippen molar-refractivity contribution in [1.82, 2.24) is 0 Å². The number of carbonyl (C=O) groups is 7. The van der Waals surface area contributed by atoms with Crippen molar-refractivity contribution in [2.24, 2.45) is 5.73 Å². The minimum absolute atomic E-state index is 0.0723. The minimum Gasteiger partial charge on any atom is -0.507 e. The number of carbonyl (C=O) groups excluding carboxylic acids is 7. The van der Waals surface area contributed by atoms with Crippen LogP contribution in [0.25, 0.3) is 5.76 Å². The van der Waals surface area contributed by atoms with Gasteiger partial charge < -0.3 is 10.8 Å². The van der Waals surface area contributed by atoms with Gasteiger partial charge in [-0.05, 0) is 68.0 Å². The standard InChI is InChI=1S/C24H17BrO3.C10H6O3.C7H5BrO.C6H9NO/c25-15-10-8-13(9-11-15)21-20-14(4-3-7-19(20)26)12-18-22(21)24(28)17-6-2-1-5-16(17)23(18)27;11-8-5-9(12)10(13)7-4-2-1-3-6(7)8;8-7-3-1-6(5-9)2-4-7;7-5-2-1-3-6(8)4-5/h1-2,5-6,8-11,21H,3-4,7,12H2;1-5,11H;1-5H;4H,1-3,7H2. The number of aliphatic hydroxyl groups excluding tert-OH is 1. The highest BCUT2D eigenvalue weighted by atomic mass is 79.9. The Kier molecular flexibility index (Phi) is 13.4. The molecule has 0 amide bonds. The zero-order valence-corrected chi connectivity index (χ0v) is 34.3. The second-order valence-electron chi connectivity index (χ2n) is 14.0. The first kappa shape index (κ1) is 41.7. The predicted molar refractivity (Wildman–Crippen MR) is 227 cm³/mol. The van der Waals surface area contributed by atoms with Crippen molar-refractivity contribution >= 4 is 78.6 Å². The molecule has 0 heterocycles. The Hall–Kier alpha value is -5.91. The fourth-order valence-electron chi connectivity index (χ4n) is 7.41. The van der Waals surface area contributed by atoms with Crippen LogP contribution in [0.5, 0.6) is 0 Å². The molecule has 0 saturated heterocycles. The molecule has 4 aromatic rings. The van der Waals surface area contributed by atoms with E-state index in [1.807, 2.05) is 36.4 Å². The molecule has 9 nitrogen and oxygen atoms in total. The number of Topliss-reactive ketones (excluding diaryl/α,β-unsaturated/α-hetero) is 4. The number of benzene rings is 4. The molecule has 3 N–H and O–H groups in total. The van der Waals surface area contributed by atoms with Crippen LogP contribution in [0, 0.1) is 0 Å². The Labute approximate surface area is 351 Å². The van der Waals surface area contributed by atoms with E-state index < -0.39 is 17.5 Å². The van der Waals surface area contributed by atoms with E-state index in [0.717, 1.165) is 69.4 Å². The van der Waals surface area contributed by atoms with Gasteiger partial charge >= 0.3 is 0 Å². The first-order chi connectivity index (χ1) is 27.9. The average Bonchev–Trinajstić information content (AvgIpc) is 3.23. The van der Waals surface area contributed by atoms with Crippen molar-refractivity contribution in [2.45, 2.75) is 50.9 Å².